The number of rotatable bonds is 4. The minimum absolute atomic E-state index is 0.306. The van der Waals surface area contributed by atoms with E-state index in [9.17, 15) is 9.59 Å². The highest BCUT2D eigenvalue weighted by atomic mass is 16.5. The first kappa shape index (κ1) is 12.9. The Bertz CT molecular complexity index is 250. The lowest BCUT2D eigenvalue weighted by atomic mass is 10.1. The van der Waals surface area contributed by atoms with Crippen LogP contribution in [0.1, 0.15) is 19.3 Å². The van der Waals surface area contributed by atoms with Gasteiger partial charge < -0.3 is 15.4 Å². The molecule has 92 valence electrons. The second kappa shape index (κ2) is 6.44. The maximum absolute atomic E-state index is 11.2. The Morgan fingerprint density at radius 3 is 2.56 bits per heavy atom. The van der Waals surface area contributed by atoms with Crippen molar-refractivity contribution in [1.29, 1.82) is 0 Å². The second-order valence-corrected chi connectivity index (χ2v) is 3.94. The predicted molar refractivity (Wildman–Crippen MR) is 58.8 cm³/mol. The van der Waals surface area contributed by atoms with Crippen LogP contribution in [-0.4, -0.2) is 49.7 Å². The van der Waals surface area contributed by atoms with Crippen LogP contribution in [0, 0.1) is 0 Å². The van der Waals surface area contributed by atoms with Gasteiger partial charge in [-0.05, 0) is 12.8 Å². The highest BCUT2D eigenvalue weighted by molar-refractivity contribution is 5.93. The van der Waals surface area contributed by atoms with Crippen LogP contribution in [0.25, 0.3) is 0 Å². The number of nitrogens with two attached hydrogens (primary N) is 1. The molecule has 1 heterocycles. The monoisotopic (exact) mass is 229 g/mol. The lowest BCUT2D eigenvalue weighted by molar-refractivity contribution is -0.120. The molecule has 0 aliphatic carbocycles. The molecule has 6 heteroatoms. The van der Waals surface area contributed by atoms with E-state index in [0.717, 1.165) is 25.9 Å². The fourth-order valence-electron chi connectivity index (χ4n) is 1.83. The number of methoxy groups -OCH3 is 1. The van der Waals surface area contributed by atoms with Crippen LogP contribution < -0.4 is 11.1 Å². The average molecular weight is 229 g/mol. The number of primary amides is 1. The molecule has 0 saturated carbocycles. The topological polar surface area (TPSA) is 84.7 Å². The van der Waals surface area contributed by atoms with E-state index >= 15 is 0 Å². The van der Waals surface area contributed by atoms with Gasteiger partial charge in [0.2, 0.25) is 5.91 Å². The molecule has 0 atom stereocenters. The third kappa shape index (κ3) is 4.59. The summed E-state index contributed by atoms with van der Waals surface area (Å²) in [7, 11) is 1.72. The summed E-state index contributed by atoms with van der Waals surface area (Å²) < 4.78 is 5.25. The van der Waals surface area contributed by atoms with E-state index in [1.165, 1.54) is 0 Å². The van der Waals surface area contributed by atoms with E-state index in [1.807, 2.05) is 0 Å². The van der Waals surface area contributed by atoms with Gasteiger partial charge in [-0.2, -0.15) is 0 Å². The van der Waals surface area contributed by atoms with Gasteiger partial charge in [0, 0.05) is 33.2 Å². The third-order valence-electron chi connectivity index (χ3n) is 2.79. The fourth-order valence-corrected chi connectivity index (χ4v) is 1.83. The molecule has 1 fully saturated rings. The Labute approximate surface area is 95.1 Å². The molecule has 0 aromatic rings. The summed E-state index contributed by atoms with van der Waals surface area (Å²) in [5, 5.41) is 2.05. The number of carbonyl (C=O) groups is 2. The molecule has 1 rings (SSSR count). The van der Waals surface area contributed by atoms with Crippen molar-refractivity contribution >= 4 is 11.9 Å². The number of urea groups is 1. The standard InChI is InChI=1S/C10H19N3O3/c1-16-8-2-5-13(6-3-8)7-4-9(14)12-10(11)15/h8H,2-7H2,1H3,(H3,11,12,14,15). The Hall–Kier alpha value is -1.14. The second-order valence-electron chi connectivity index (χ2n) is 3.94. The van der Waals surface area contributed by atoms with Crippen LogP contribution in [0.3, 0.4) is 0 Å². The zero-order valence-corrected chi connectivity index (χ0v) is 9.57. The molecule has 3 amide bonds. The minimum Gasteiger partial charge on any atom is -0.381 e. The highest BCUT2D eigenvalue weighted by Gasteiger charge is 2.18. The molecule has 16 heavy (non-hydrogen) atoms. The molecule has 1 aliphatic rings. The van der Waals surface area contributed by atoms with Gasteiger partial charge in [0.25, 0.3) is 0 Å². The molecular formula is C10H19N3O3. The Kier molecular flexibility index (Phi) is 5.21. The molecule has 6 nitrogen and oxygen atoms in total. The quantitative estimate of drug-likeness (QED) is 0.692. The minimum atomic E-state index is -0.789. The van der Waals surface area contributed by atoms with Gasteiger partial charge in [0.05, 0.1) is 6.10 Å². The largest absolute Gasteiger partial charge is 0.381 e. The van der Waals surface area contributed by atoms with Gasteiger partial charge in [-0.15, -0.1) is 0 Å². The van der Waals surface area contributed by atoms with E-state index in [0.29, 0.717) is 19.1 Å². The Morgan fingerprint density at radius 1 is 1.44 bits per heavy atom. The van der Waals surface area contributed by atoms with Crippen molar-refractivity contribution in [3.8, 4) is 0 Å². The lowest BCUT2D eigenvalue weighted by Gasteiger charge is -2.30. The zero-order chi connectivity index (χ0) is 12.0. The fraction of sp³-hybridized carbons (Fsp3) is 0.800. The van der Waals surface area contributed by atoms with Crippen molar-refractivity contribution in [3.05, 3.63) is 0 Å². The van der Waals surface area contributed by atoms with Crippen LogP contribution in [0.4, 0.5) is 4.79 Å². The van der Waals surface area contributed by atoms with Crippen LogP contribution in [0.15, 0.2) is 0 Å². The summed E-state index contributed by atoms with van der Waals surface area (Å²) in [6, 6.07) is -0.789. The normalized spacial score (nSPS) is 18.3. The van der Waals surface area contributed by atoms with Crippen LogP contribution in [0.5, 0.6) is 0 Å². The molecule has 0 bridgehead atoms. The number of amides is 3. The number of hydrogen-bond donors (Lipinski definition) is 2. The zero-order valence-electron chi connectivity index (χ0n) is 9.57. The molecule has 0 aromatic carbocycles. The first-order valence-electron chi connectivity index (χ1n) is 5.46. The average Bonchev–Trinajstić information content (AvgIpc) is 2.26. The van der Waals surface area contributed by atoms with Crippen LogP contribution in [0.2, 0.25) is 0 Å². The number of carbonyl (C=O) groups excluding carboxylic acids is 2. The van der Waals surface area contributed by atoms with Crippen LogP contribution in [-0.2, 0) is 9.53 Å². The maximum atomic E-state index is 11.2. The number of likely N-dealkylation sites (tertiary alicyclic amines) is 1. The van der Waals surface area contributed by atoms with Crippen molar-refractivity contribution < 1.29 is 14.3 Å². The maximum Gasteiger partial charge on any atom is 0.318 e. The molecule has 0 spiro atoms. The molecule has 1 aliphatic heterocycles. The van der Waals surface area contributed by atoms with E-state index in [-0.39, 0.29) is 5.91 Å². The van der Waals surface area contributed by atoms with E-state index < -0.39 is 6.03 Å². The number of hydrogen-bond acceptors (Lipinski definition) is 4. The molecular weight excluding hydrogens is 210 g/mol. The molecule has 3 N–H and O–H groups in total. The Balaban J connectivity index is 2.14. The van der Waals surface area contributed by atoms with E-state index in [2.05, 4.69) is 10.2 Å². The number of nitrogens with one attached hydrogen (secondary N) is 1. The van der Waals surface area contributed by atoms with Crippen molar-refractivity contribution in [1.82, 2.24) is 10.2 Å². The van der Waals surface area contributed by atoms with Gasteiger partial charge in [-0.3, -0.25) is 10.1 Å². The summed E-state index contributed by atoms with van der Waals surface area (Å²) in [6.07, 6.45) is 2.64. The summed E-state index contributed by atoms with van der Waals surface area (Å²) in [5.74, 6) is -0.318. The predicted octanol–water partition coefficient (Wildman–Crippen LogP) is -0.318. The van der Waals surface area contributed by atoms with Gasteiger partial charge in [0.1, 0.15) is 0 Å². The van der Waals surface area contributed by atoms with E-state index in [4.69, 9.17) is 10.5 Å². The number of imide groups is 1. The molecule has 1 saturated heterocycles. The van der Waals surface area contributed by atoms with Gasteiger partial charge in [-0.25, -0.2) is 4.79 Å². The van der Waals surface area contributed by atoms with Gasteiger partial charge >= 0.3 is 6.03 Å². The van der Waals surface area contributed by atoms with Crippen molar-refractivity contribution in [2.75, 3.05) is 26.7 Å². The Morgan fingerprint density at radius 2 is 2.06 bits per heavy atom. The summed E-state index contributed by atoms with van der Waals surface area (Å²) in [5.41, 5.74) is 4.84. The first-order chi connectivity index (χ1) is 7.61. The van der Waals surface area contributed by atoms with E-state index in [1.54, 1.807) is 7.11 Å². The SMILES string of the molecule is COC1CCN(CCC(=O)NC(N)=O)CC1. The molecule has 0 radical (unpaired) electrons. The van der Waals surface area contributed by atoms with Crippen molar-refractivity contribution in [3.63, 3.8) is 0 Å². The number of ether oxygens (including phenoxy) is 1. The number of nitrogens with zero attached hydrogens (tertiary/aromatic N) is 1. The van der Waals surface area contributed by atoms with Gasteiger partial charge in [0.15, 0.2) is 0 Å². The third-order valence-corrected chi connectivity index (χ3v) is 2.79. The highest BCUT2D eigenvalue weighted by Crippen LogP contribution is 2.12. The smallest absolute Gasteiger partial charge is 0.318 e. The molecule has 0 aromatic heterocycles. The van der Waals surface area contributed by atoms with Gasteiger partial charge in [-0.1, -0.05) is 0 Å². The molecule has 0 unspecified atom stereocenters. The summed E-state index contributed by atoms with van der Waals surface area (Å²) in [4.78, 5) is 23.7. The summed E-state index contributed by atoms with van der Waals surface area (Å²) in [6.45, 7) is 2.53. The van der Waals surface area contributed by atoms with Crippen LogP contribution >= 0.6 is 0 Å². The summed E-state index contributed by atoms with van der Waals surface area (Å²) >= 11 is 0. The van der Waals surface area contributed by atoms with Crippen molar-refractivity contribution in [2.24, 2.45) is 5.73 Å². The number of piperidine rings is 1. The lowest BCUT2D eigenvalue weighted by Crippen LogP contribution is -2.40. The first-order valence-corrected chi connectivity index (χ1v) is 5.46. The van der Waals surface area contributed by atoms with Crippen molar-refractivity contribution in [2.45, 2.75) is 25.4 Å².